The van der Waals surface area contributed by atoms with E-state index in [1.807, 2.05) is 49.5 Å². The zero-order valence-electron chi connectivity index (χ0n) is 22.3. The van der Waals surface area contributed by atoms with Crippen molar-refractivity contribution in [1.29, 1.82) is 0 Å². The minimum atomic E-state index is -0.578. The van der Waals surface area contributed by atoms with Crippen molar-refractivity contribution in [3.63, 3.8) is 0 Å². The number of rotatable bonds is 15. The summed E-state index contributed by atoms with van der Waals surface area (Å²) in [6, 6.07) is 18.0. The number of hydrogen-bond acceptors (Lipinski definition) is 6. The summed E-state index contributed by atoms with van der Waals surface area (Å²) in [6.45, 7) is 8.55. The van der Waals surface area contributed by atoms with Crippen molar-refractivity contribution in [2.75, 3.05) is 26.9 Å². The molecule has 1 aromatic heterocycles. The van der Waals surface area contributed by atoms with Crippen LogP contribution in [0.1, 0.15) is 45.6 Å². The van der Waals surface area contributed by atoms with Crippen molar-refractivity contribution in [3.8, 4) is 28.6 Å². The summed E-state index contributed by atoms with van der Waals surface area (Å²) in [7, 11) is 3.53. The van der Waals surface area contributed by atoms with Gasteiger partial charge in [-0.25, -0.2) is 4.68 Å². The third-order valence-corrected chi connectivity index (χ3v) is 6.38. The summed E-state index contributed by atoms with van der Waals surface area (Å²) in [5, 5.41) is 15.6. The van der Waals surface area contributed by atoms with Crippen LogP contribution in [0.15, 0.2) is 54.6 Å². The lowest BCUT2D eigenvalue weighted by Gasteiger charge is -2.30. The first kappa shape index (κ1) is 27.7. The average molecular weight is 496 g/mol. The highest BCUT2D eigenvalue weighted by Gasteiger charge is 2.26. The predicted molar refractivity (Wildman–Crippen MR) is 144 cm³/mol. The molecule has 2 aromatic carbocycles. The standard InChI is InChI=1S/C29H41N3O4/c1-6-8-18-35-21-24(33)19-32(22(3)7-2)20-25-28(23-14-10-9-11-15-23)30-31(4)29(25)36-27-17-13-12-16-26(27)34-5/h9-17,22,24,33H,6-8,18-21H2,1-5H3/t22-,24+/m0/s1. The van der Waals surface area contributed by atoms with Gasteiger partial charge in [-0.05, 0) is 31.9 Å². The van der Waals surface area contributed by atoms with E-state index in [0.717, 1.165) is 36.1 Å². The Morgan fingerprint density at radius 2 is 1.72 bits per heavy atom. The van der Waals surface area contributed by atoms with Gasteiger partial charge in [0.25, 0.3) is 0 Å². The summed E-state index contributed by atoms with van der Waals surface area (Å²) in [5.74, 6) is 1.94. The third kappa shape index (κ3) is 7.32. The van der Waals surface area contributed by atoms with Gasteiger partial charge in [-0.2, -0.15) is 5.10 Å². The molecule has 7 nitrogen and oxygen atoms in total. The van der Waals surface area contributed by atoms with E-state index in [0.29, 0.717) is 43.7 Å². The highest BCUT2D eigenvalue weighted by atomic mass is 16.5. The van der Waals surface area contributed by atoms with Crippen molar-refractivity contribution in [2.24, 2.45) is 7.05 Å². The van der Waals surface area contributed by atoms with Gasteiger partial charge in [0.2, 0.25) is 5.88 Å². The summed E-state index contributed by atoms with van der Waals surface area (Å²) >= 11 is 0. The number of aryl methyl sites for hydroxylation is 1. The van der Waals surface area contributed by atoms with E-state index in [1.165, 1.54) is 0 Å². The van der Waals surface area contributed by atoms with Crippen molar-refractivity contribution < 1.29 is 19.3 Å². The number of unbranched alkanes of at least 4 members (excludes halogenated alkanes) is 1. The molecular formula is C29H41N3O4. The lowest BCUT2D eigenvalue weighted by atomic mass is 10.1. The third-order valence-electron chi connectivity index (χ3n) is 6.38. The molecule has 196 valence electrons. The smallest absolute Gasteiger partial charge is 0.222 e. The fraction of sp³-hybridized carbons (Fsp3) is 0.483. The first-order valence-electron chi connectivity index (χ1n) is 12.9. The normalized spacial score (nSPS) is 13.1. The van der Waals surface area contributed by atoms with Crippen molar-refractivity contribution in [3.05, 3.63) is 60.2 Å². The van der Waals surface area contributed by atoms with Crippen LogP contribution < -0.4 is 9.47 Å². The van der Waals surface area contributed by atoms with Gasteiger partial charge in [0.15, 0.2) is 11.5 Å². The van der Waals surface area contributed by atoms with E-state index in [9.17, 15) is 5.11 Å². The van der Waals surface area contributed by atoms with Crippen LogP contribution in [0.5, 0.6) is 17.4 Å². The molecule has 3 rings (SSSR count). The van der Waals surface area contributed by atoms with Gasteiger partial charge in [-0.3, -0.25) is 4.90 Å². The highest BCUT2D eigenvalue weighted by molar-refractivity contribution is 5.66. The summed E-state index contributed by atoms with van der Waals surface area (Å²) in [5.41, 5.74) is 2.85. The van der Waals surface area contributed by atoms with Gasteiger partial charge < -0.3 is 19.3 Å². The molecular weight excluding hydrogens is 454 g/mol. The number of aromatic nitrogens is 2. The molecule has 0 spiro atoms. The minimum absolute atomic E-state index is 0.248. The Hall–Kier alpha value is -2.87. The van der Waals surface area contributed by atoms with Crippen LogP contribution in [0.2, 0.25) is 0 Å². The molecule has 0 saturated carbocycles. The second-order valence-electron chi connectivity index (χ2n) is 9.14. The molecule has 1 N–H and O–H groups in total. The van der Waals surface area contributed by atoms with Crippen LogP contribution in [0.3, 0.4) is 0 Å². The lowest BCUT2D eigenvalue weighted by molar-refractivity contribution is 0.00665. The molecule has 2 atom stereocenters. The van der Waals surface area contributed by atoms with Gasteiger partial charge in [-0.15, -0.1) is 0 Å². The topological polar surface area (TPSA) is 69.0 Å². The fourth-order valence-electron chi connectivity index (χ4n) is 4.11. The van der Waals surface area contributed by atoms with Gasteiger partial charge >= 0.3 is 0 Å². The van der Waals surface area contributed by atoms with Crippen LogP contribution in [0.25, 0.3) is 11.3 Å². The lowest BCUT2D eigenvalue weighted by Crippen LogP contribution is -2.40. The van der Waals surface area contributed by atoms with E-state index in [2.05, 4.69) is 37.8 Å². The number of methoxy groups -OCH3 is 1. The molecule has 0 aliphatic rings. The average Bonchev–Trinajstić information content (AvgIpc) is 3.21. The quantitative estimate of drug-likeness (QED) is 0.274. The van der Waals surface area contributed by atoms with Crippen LogP contribution >= 0.6 is 0 Å². The van der Waals surface area contributed by atoms with E-state index >= 15 is 0 Å². The van der Waals surface area contributed by atoms with E-state index in [-0.39, 0.29) is 6.04 Å². The Labute approximate surface area is 215 Å². The Kier molecular flexibility index (Phi) is 10.8. The van der Waals surface area contributed by atoms with Crippen molar-refractivity contribution in [1.82, 2.24) is 14.7 Å². The summed E-state index contributed by atoms with van der Waals surface area (Å²) < 4.78 is 19.4. The van der Waals surface area contributed by atoms with E-state index in [4.69, 9.17) is 19.3 Å². The Morgan fingerprint density at radius 3 is 2.39 bits per heavy atom. The maximum Gasteiger partial charge on any atom is 0.222 e. The number of ether oxygens (including phenoxy) is 3. The number of aliphatic hydroxyl groups excluding tert-OH is 1. The molecule has 0 fully saturated rings. The Bertz CT molecular complexity index is 1050. The van der Waals surface area contributed by atoms with Gasteiger partial charge in [0.05, 0.1) is 25.4 Å². The summed E-state index contributed by atoms with van der Waals surface area (Å²) in [6.07, 6.45) is 2.45. The Balaban J connectivity index is 1.95. The number of hydrogen-bond donors (Lipinski definition) is 1. The maximum absolute atomic E-state index is 10.8. The van der Waals surface area contributed by atoms with Crippen LogP contribution in [-0.2, 0) is 18.3 Å². The van der Waals surface area contributed by atoms with Crippen LogP contribution in [0.4, 0.5) is 0 Å². The molecule has 0 amide bonds. The minimum Gasteiger partial charge on any atom is -0.493 e. The molecule has 36 heavy (non-hydrogen) atoms. The number of para-hydroxylation sites is 2. The van der Waals surface area contributed by atoms with Crippen molar-refractivity contribution in [2.45, 2.75) is 58.7 Å². The molecule has 0 aliphatic heterocycles. The molecule has 0 saturated heterocycles. The molecule has 0 radical (unpaired) electrons. The number of benzene rings is 2. The first-order valence-corrected chi connectivity index (χ1v) is 12.9. The zero-order chi connectivity index (χ0) is 25.9. The zero-order valence-corrected chi connectivity index (χ0v) is 22.3. The second kappa shape index (κ2) is 14.0. The molecule has 0 aliphatic carbocycles. The summed E-state index contributed by atoms with van der Waals surface area (Å²) in [4.78, 5) is 2.28. The predicted octanol–water partition coefficient (Wildman–Crippen LogP) is 5.67. The van der Waals surface area contributed by atoms with Crippen LogP contribution in [0, 0.1) is 0 Å². The largest absolute Gasteiger partial charge is 0.493 e. The van der Waals surface area contributed by atoms with E-state index < -0.39 is 6.10 Å². The Morgan fingerprint density at radius 1 is 1.03 bits per heavy atom. The molecule has 1 heterocycles. The van der Waals surface area contributed by atoms with Crippen LogP contribution in [-0.4, -0.2) is 58.8 Å². The number of nitrogens with zero attached hydrogens (tertiary/aromatic N) is 3. The van der Waals surface area contributed by atoms with E-state index in [1.54, 1.807) is 11.8 Å². The monoisotopic (exact) mass is 495 g/mol. The molecule has 0 unspecified atom stereocenters. The van der Waals surface area contributed by atoms with Gasteiger partial charge in [0.1, 0.15) is 5.69 Å². The molecule has 3 aromatic rings. The van der Waals surface area contributed by atoms with Crippen molar-refractivity contribution >= 4 is 0 Å². The fourth-order valence-corrected chi connectivity index (χ4v) is 4.11. The number of aliphatic hydroxyl groups is 1. The SMILES string of the molecule is CCCCOC[C@H](O)CN(Cc1c(-c2ccccc2)nn(C)c1Oc1ccccc1OC)[C@@H](C)CC. The molecule has 0 bridgehead atoms. The first-order chi connectivity index (χ1) is 17.5. The van der Waals surface area contributed by atoms with Gasteiger partial charge in [0, 0.05) is 38.3 Å². The maximum atomic E-state index is 10.8. The molecule has 7 heteroatoms. The van der Waals surface area contributed by atoms with Gasteiger partial charge in [-0.1, -0.05) is 62.7 Å². The highest BCUT2D eigenvalue weighted by Crippen LogP contribution is 2.37. The second-order valence-corrected chi connectivity index (χ2v) is 9.14.